The highest BCUT2D eigenvalue weighted by Crippen LogP contribution is 2.18. The third-order valence-corrected chi connectivity index (χ3v) is 3.26. The fourth-order valence-electron chi connectivity index (χ4n) is 2.14. The summed E-state index contributed by atoms with van der Waals surface area (Å²) in [6.07, 6.45) is 1.80. The minimum absolute atomic E-state index is 0.0619. The monoisotopic (exact) mass is 287 g/mol. The fourth-order valence-corrected chi connectivity index (χ4v) is 2.14. The van der Waals surface area contributed by atoms with Gasteiger partial charge in [-0.3, -0.25) is 9.59 Å². The van der Waals surface area contributed by atoms with Gasteiger partial charge in [0.1, 0.15) is 0 Å². The second kappa shape index (κ2) is 6.43. The van der Waals surface area contributed by atoms with Gasteiger partial charge in [-0.1, -0.05) is 19.9 Å². The Kier molecular flexibility index (Phi) is 4.62. The summed E-state index contributed by atoms with van der Waals surface area (Å²) in [5, 5.41) is 3.68. The molecule has 5 heteroatoms. The molecule has 1 aromatic heterocycles. The molecule has 0 spiro atoms. The number of carbonyl (C=O) groups excluding carboxylic acids is 2. The molecule has 0 radical (unpaired) electrons. The molecule has 112 valence electrons. The van der Waals surface area contributed by atoms with E-state index in [1.165, 1.54) is 4.90 Å². The van der Waals surface area contributed by atoms with Crippen LogP contribution in [0.25, 0.3) is 10.9 Å². The largest absolute Gasteiger partial charge is 0.361 e. The topological polar surface area (TPSA) is 65.2 Å². The lowest BCUT2D eigenvalue weighted by molar-refractivity contribution is -0.121. The van der Waals surface area contributed by atoms with Crippen molar-refractivity contribution in [2.24, 2.45) is 5.92 Å². The number of amides is 2. The summed E-state index contributed by atoms with van der Waals surface area (Å²) >= 11 is 0. The smallest absolute Gasteiger partial charge is 0.254 e. The van der Waals surface area contributed by atoms with Gasteiger partial charge in [-0.2, -0.15) is 0 Å². The number of aromatic amines is 1. The molecule has 0 atom stereocenters. The van der Waals surface area contributed by atoms with Gasteiger partial charge in [-0.25, -0.2) is 0 Å². The molecule has 5 nitrogen and oxygen atoms in total. The van der Waals surface area contributed by atoms with E-state index in [1.807, 2.05) is 32.0 Å². The van der Waals surface area contributed by atoms with Gasteiger partial charge < -0.3 is 15.2 Å². The zero-order chi connectivity index (χ0) is 15.4. The predicted molar refractivity (Wildman–Crippen MR) is 83.1 cm³/mol. The molecule has 0 aliphatic carbocycles. The highest BCUT2D eigenvalue weighted by Gasteiger charge is 2.17. The molecule has 21 heavy (non-hydrogen) atoms. The van der Waals surface area contributed by atoms with Crippen molar-refractivity contribution in [3.05, 3.63) is 36.0 Å². The number of hydrogen-bond acceptors (Lipinski definition) is 2. The van der Waals surface area contributed by atoms with Gasteiger partial charge in [0.15, 0.2) is 0 Å². The number of H-pyrrole nitrogens is 1. The van der Waals surface area contributed by atoms with Gasteiger partial charge in [0.05, 0.1) is 6.54 Å². The van der Waals surface area contributed by atoms with Crippen molar-refractivity contribution < 1.29 is 9.59 Å². The number of carbonyl (C=O) groups is 2. The maximum absolute atomic E-state index is 12.5. The molecule has 0 saturated heterocycles. The molecule has 0 aliphatic heterocycles. The predicted octanol–water partition coefficient (Wildman–Crippen LogP) is 2.01. The van der Waals surface area contributed by atoms with Crippen LogP contribution >= 0.6 is 0 Å². The molecule has 1 aromatic carbocycles. The van der Waals surface area contributed by atoms with E-state index < -0.39 is 0 Å². The van der Waals surface area contributed by atoms with Crippen molar-refractivity contribution in [3.63, 3.8) is 0 Å². The second-order valence-electron chi connectivity index (χ2n) is 5.60. The first-order valence-corrected chi connectivity index (χ1v) is 7.07. The van der Waals surface area contributed by atoms with E-state index in [4.69, 9.17) is 0 Å². The Labute approximate surface area is 124 Å². The van der Waals surface area contributed by atoms with Crippen molar-refractivity contribution in [1.29, 1.82) is 0 Å². The Morgan fingerprint density at radius 2 is 2.05 bits per heavy atom. The second-order valence-corrected chi connectivity index (χ2v) is 5.60. The first-order chi connectivity index (χ1) is 9.99. The van der Waals surface area contributed by atoms with Gasteiger partial charge in [0.25, 0.3) is 5.91 Å². The lowest BCUT2D eigenvalue weighted by atomic mass is 10.1. The van der Waals surface area contributed by atoms with E-state index in [2.05, 4.69) is 10.3 Å². The van der Waals surface area contributed by atoms with Crippen LogP contribution < -0.4 is 5.32 Å². The van der Waals surface area contributed by atoms with E-state index in [0.29, 0.717) is 18.0 Å². The molecule has 0 saturated carbocycles. The van der Waals surface area contributed by atoms with Crippen LogP contribution in [0.2, 0.25) is 0 Å². The van der Waals surface area contributed by atoms with E-state index in [1.54, 1.807) is 19.3 Å². The molecule has 2 amide bonds. The Morgan fingerprint density at radius 3 is 2.76 bits per heavy atom. The highest BCUT2D eigenvalue weighted by atomic mass is 16.2. The van der Waals surface area contributed by atoms with Crippen molar-refractivity contribution >= 4 is 22.7 Å². The number of benzene rings is 1. The molecule has 0 unspecified atom stereocenters. The number of rotatable bonds is 5. The van der Waals surface area contributed by atoms with Crippen LogP contribution in [0.4, 0.5) is 0 Å². The van der Waals surface area contributed by atoms with Gasteiger partial charge in [0, 0.05) is 36.3 Å². The van der Waals surface area contributed by atoms with Crippen molar-refractivity contribution in [1.82, 2.24) is 15.2 Å². The van der Waals surface area contributed by atoms with Crippen molar-refractivity contribution in [2.45, 2.75) is 13.8 Å². The van der Waals surface area contributed by atoms with Gasteiger partial charge in [-0.15, -0.1) is 0 Å². The molecule has 2 rings (SSSR count). The number of likely N-dealkylation sites (N-methyl/N-ethyl adjacent to an activating group) is 1. The van der Waals surface area contributed by atoms with E-state index >= 15 is 0 Å². The summed E-state index contributed by atoms with van der Waals surface area (Å²) in [5.74, 6) is 0.101. The van der Waals surface area contributed by atoms with Crippen molar-refractivity contribution in [3.8, 4) is 0 Å². The Balaban J connectivity index is 2.05. The summed E-state index contributed by atoms with van der Waals surface area (Å²) in [4.78, 5) is 28.8. The number of nitrogens with one attached hydrogen (secondary N) is 2. The molecule has 0 aliphatic rings. The zero-order valence-electron chi connectivity index (χ0n) is 12.6. The van der Waals surface area contributed by atoms with E-state index in [0.717, 1.165) is 10.9 Å². The average molecular weight is 287 g/mol. The number of nitrogens with zero attached hydrogens (tertiary/aromatic N) is 1. The van der Waals surface area contributed by atoms with Crippen LogP contribution in [0.3, 0.4) is 0 Å². The third-order valence-electron chi connectivity index (χ3n) is 3.26. The number of hydrogen-bond donors (Lipinski definition) is 2. The summed E-state index contributed by atoms with van der Waals surface area (Å²) < 4.78 is 0. The summed E-state index contributed by atoms with van der Waals surface area (Å²) in [6.45, 7) is 4.74. The Morgan fingerprint density at radius 1 is 1.29 bits per heavy atom. The standard InChI is InChI=1S/C16H21N3O2/c1-11(2)9-18-15(20)10-19(3)16(21)13-5-4-6-14-12(13)7-8-17-14/h4-8,11,17H,9-10H2,1-3H3,(H,18,20). The first kappa shape index (κ1) is 15.1. The van der Waals surface area contributed by atoms with Gasteiger partial charge >= 0.3 is 0 Å². The van der Waals surface area contributed by atoms with Crippen LogP contribution in [0.5, 0.6) is 0 Å². The van der Waals surface area contributed by atoms with Crippen LogP contribution in [0.1, 0.15) is 24.2 Å². The Bertz CT molecular complexity index is 646. The third kappa shape index (κ3) is 3.62. The van der Waals surface area contributed by atoms with Crippen LogP contribution in [0.15, 0.2) is 30.5 Å². The summed E-state index contributed by atoms with van der Waals surface area (Å²) in [5.41, 5.74) is 1.52. The molecular weight excluding hydrogens is 266 g/mol. The normalized spacial score (nSPS) is 10.9. The van der Waals surface area contributed by atoms with Crippen LogP contribution in [-0.4, -0.2) is 41.8 Å². The molecule has 0 fully saturated rings. The highest BCUT2D eigenvalue weighted by molar-refractivity contribution is 6.07. The molecular formula is C16H21N3O2. The molecule has 2 N–H and O–H groups in total. The lowest BCUT2D eigenvalue weighted by Gasteiger charge is -2.18. The van der Waals surface area contributed by atoms with Gasteiger partial charge in [-0.05, 0) is 24.1 Å². The fraction of sp³-hybridized carbons (Fsp3) is 0.375. The first-order valence-electron chi connectivity index (χ1n) is 7.07. The SMILES string of the molecule is CC(C)CNC(=O)CN(C)C(=O)c1cccc2[nH]ccc12. The molecule has 0 bridgehead atoms. The lowest BCUT2D eigenvalue weighted by Crippen LogP contribution is -2.39. The average Bonchev–Trinajstić information content (AvgIpc) is 2.92. The quantitative estimate of drug-likeness (QED) is 0.883. The number of fused-ring (bicyclic) bond motifs is 1. The minimum Gasteiger partial charge on any atom is -0.361 e. The van der Waals surface area contributed by atoms with Crippen LogP contribution in [-0.2, 0) is 4.79 Å². The van der Waals surface area contributed by atoms with Crippen molar-refractivity contribution in [2.75, 3.05) is 20.1 Å². The maximum Gasteiger partial charge on any atom is 0.254 e. The van der Waals surface area contributed by atoms with E-state index in [-0.39, 0.29) is 18.4 Å². The molecule has 2 aromatic rings. The number of aromatic nitrogens is 1. The van der Waals surface area contributed by atoms with Crippen LogP contribution in [0, 0.1) is 5.92 Å². The maximum atomic E-state index is 12.5. The Hall–Kier alpha value is -2.30. The van der Waals surface area contributed by atoms with Gasteiger partial charge in [0.2, 0.25) is 5.91 Å². The summed E-state index contributed by atoms with van der Waals surface area (Å²) in [6, 6.07) is 7.40. The van der Waals surface area contributed by atoms with E-state index in [9.17, 15) is 9.59 Å². The molecule has 1 heterocycles. The zero-order valence-corrected chi connectivity index (χ0v) is 12.6. The summed E-state index contributed by atoms with van der Waals surface area (Å²) in [7, 11) is 1.64. The minimum atomic E-state index is -0.153.